The molecule has 2 aromatic carbocycles. The Morgan fingerprint density at radius 1 is 1.04 bits per heavy atom. The Morgan fingerprint density at radius 2 is 1.59 bits per heavy atom. The molecule has 0 aliphatic heterocycles. The van der Waals surface area contributed by atoms with Gasteiger partial charge in [0.2, 0.25) is 23.1 Å². The molecule has 27 heavy (non-hydrogen) atoms. The first-order chi connectivity index (χ1) is 12.5. The van der Waals surface area contributed by atoms with E-state index in [1.54, 1.807) is 0 Å². The quantitative estimate of drug-likeness (QED) is 0.294. The molecule has 0 unspecified atom stereocenters. The second kappa shape index (κ2) is 7.29. The van der Waals surface area contributed by atoms with Crippen LogP contribution in [0.4, 0.5) is 36.4 Å². The van der Waals surface area contributed by atoms with Crippen LogP contribution in [0.3, 0.4) is 0 Å². The van der Waals surface area contributed by atoms with Crippen LogP contribution >= 0.6 is 0 Å². The monoisotopic (exact) mass is 399 g/mol. The summed E-state index contributed by atoms with van der Waals surface area (Å²) in [7, 11) is 0. The first kappa shape index (κ1) is 20.3. The first-order valence-electron chi connectivity index (χ1n) is 7.01. The molecular weight excluding hydrogens is 391 g/mol. The average molecular weight is 399 g/mol. The van der Waals surface area contributed by atoms with Gasteiger partial charge in [0, 0.05) is 12.1 Å². The van der Waals surface area contributed by atoms with Gasteiger partial charge in [-0.1, -0.05) is 0 Å². The molecule has 0 spiro atoms. The van der Waals surface area contributed by atoms with Crippen molar-refractivity contribution in [3.05, 3.63) is 57.1 Å². The lowest BCUT2D eigenvalue weighted by Gasteiger charge is -2.15. The number of rotatable bonds is 5. The maximum atomic E-state index is 13.8. The molecule has 2 aromatic rings. The van der Waals surface area contributed by atoms with Crippen molar-refractivity contribution in [3.8, 4) is 17.2 Å². The van der Waals surface area contributed by atoms with Gasteiger partial charge in [0.15, 0.2) is 11.6 Å². The molecule has 0 fully saturated rings. The maximum absolute atomic E-state index is 13.8. The van der Waals surface area contributed by atoms with E-state index in [4.69, 9.17) is 4.74 Å². The topological polar surface area (TPSA) is 61.6 Å². The number of nitro benzene ring substituents is 1. The van der Waals surface area contributed by atoms with E-state index in [1.165, 1.54) is 6.92 Å². The molecular formula is C15H8F7NO4. The zero-order valence-electron chi connectivity index (χ0n) is 13.2. The van der Waals surface area contributed by atoms with E-state index in [2.05, 4.69) is 4.74 Å². The largest absolute Gasteiger partial charge is 0.487 e. The van der Waals surface area contributed by atoms with Crippen LogP contribution in [0, 0.1) is 33.4 Å². The number of hydrogen-bond donors (Lipinski definition) is 0. The zero-order valence-corrected chi connectivity index (χ0v) is 13.2. The van der Waals surface area contributed by atoms with Crippen LogP contribution in [0.5, 0.6) is 17.2 Å². The summed E-state index contributed by atoms with van der Waals surface area (Å²) in [6, 6.07) is 2.41. The Morgan fingerprint density at radius 3 is 2.04 bits per heavy atom. The van der Waals surface area contributed by atoms with Crippen LogP contribution in [0.1, 0.15) is 12.5 Å². The highest BCUT2D eigenvalue weighted by atomic mass is 19.4. The van der Waals surface area contributed by atoms with Gasteiger partial charge in [0.05, 0.1) is 11.5 Å². The number of alkyl halides is 3. The van der Waals surface area contributed by atoms with Gasteiger partial charge in [0.25, 0.3) is 0 Å². The summed E-state index contributed by atoms with van der Waals surface area (Å²) >= 11 is 0. The van der Waals surface area contributed by atoms with E-state index in [-0.39, 0.29) is 6.61 Å². The van der Waals surface area contributed by atoms with Crippen molar-refractivity contribution < 1.29 is 45.1 Å². The van der Waals surface area contributed by atoms with Gasteiger partial charge in [-0.05, 0) is 13.0 Å². The summed E-state index contributed by atoms with van der Waals surface area (Å²) in [5, 5.41) is 10.9. The number of ether oxygens (including phenoxy) is 2. The summed E-state index contributed by atoms with van der Waals surface area (Å²) in [5.41, 5.74) is -3.29. The fourth-order valence-electron chi connectivity index (χ4n) is 2.05. The van der Waals surface area contributed by atoms with E-state index in [9.17, 15) is 40.8 Å². The lowest BCUT2D eigenvalue weighted by molar-refractivity contribution is -0.385. The number of nitro groups is 1. The standard InChI is InChI=1S/C15H8F7NO4/c1-2-26-8-5-6(3-4-7(8)23(24)25)27-14-12(18)10(16)9(15(20,21)22)11(17)13(14)19/h3-5H,2H2,1H3. The van der Waals surface area contributed by atoms with Gasteiger partial charge in [-0.15, -0.1) is 0 Å². The molecule has 0 aromatic heterocycles. The molecule has 0 amide bonds. The number of halogens is 7. The van der Waals surface area contributed by atoms with Crippen molar-refractivity contribution in [2.45, 2.75) is 13.1 Å². The molecule has 146 valence electrons. The van der Waals surface area contributed by atoms with E-state index >= 15 is 0 Å². The predicted octanol–water partition coefficient (Wildman–Crippen LogP) is 5.36. The van der Waals surface area contributed by atoms with Crippen molar-refractivity contribution in [2.75, 3.05) is 6.61 Å². The van der Waals surface area contributed by atoms with Crippen molar-refractivity contribution >= 4 is 5.69 Å². The third kappa shape index (κ3) is 3.88. The molecule has 2 rings (SSSR count). The van der Waals surface area contributed by atoms with Gasteiger partial charge >= 0.3 is 11.9 Å². The third-order valence-corrected chi connectivity index (χ3v) is 3.15. The van der Waals surface area contributed by atoms with Crippen LogP contribution in [-0.4, -0.2) is 11.5 Å². The minimum absolute atomic E-state index is 0.0451. The highest BCUT2D eigenvalue weighted by Crippen LogP contribution is 2.41. The van der Waals surface area contributed by atoms with Crippen LogP contribution in [0.15, 0.2) is 18.2 Å². The Kier molecular flexibility index (Phi) is 5.47. The minimum Gasteiger partial charge on any atom is -0.487 e. The summed E-state index contributed by atoms with van der Waals surface area (Å²) < 4.78 is 102. The summed E-state index contributed by atoms with van der Waals surface area (Å²) in [6.07, 6.45) is -5.69. The van der Waals surface area contributed by atoms with Crippen molar-refractivity contribution in [3.63, 3.8) is 0 Å². The molecule has 12 heteroatoms. The van der Waals surface area contributed by atoms with Gasteiger partial charge in [-0.3, -0.25) is 10.1 Å². The minimum atomic E-state index is -5.69. The number of hydrogen-bond acceptors (Lipinski definition) is 4. The highest BCUT2D eigenvalue weighted by molar-refractivity contribution is 5.51. The first-order valence-corrected chi connectivity index (χ1v) is 7.01. The predicted molar refractivity (Wildman–Crippen MR) is 75.6 cm³/mol. The molecule has 5 nitrogen and oxygen atoms in total. The molecule has 0 radical (unpaired) electrons. The summed E-state index contributed by atoms with van der Waals surface area (Å²) in [6.45, 7) is 1.42. The van der Waals surface area contributed by atoms with E-state index in [0.29, 0.717) is 0 Å². The molecule has 0 aliphatic carbocycles. The number of benzene rings is 2. The zero-order chi connectivity index (χ0) is 20.5. The molecule has 0 aliphatic rings. The van der Waals surface area contributed by atoms with E-state index < -0.39 is 62.9 Å². The fourth-order valence-corrected chi connectivity index (χ4v) is 2.05. The second-order valence-corrected chi connectivity index (χ2v) is 4.88. The normalized spacial score (nSPS) is 11.4. The van der Waals surface area contributed by atoms with Crippen molar-refractivity contribution in [1.29, 1.82) is 0 Å². The number of nitrogens with zero attached hydrogens (tertiary/aromatic N) is 1. The van der Waals surface area contributed by atoms with Crippen LogP contribution < -0.4 is 9.47 Å². The lowest BCUT2D eigenvalue weighted by Crippen LogP contribution is -2.15. The van der Waals surface area contributed by atoms with E-state index in [1.807, 2.05) is 0 Å². The molecule has 0 heterocycles. The second-order valence-electron chi connectivity index (χ2n) is 4.88. The summed E-state index contributed by atoms with van der Waals surface area (Å²) in [5.74, 6) is -13.0. The van der Waals surface area contributed by atoms with E-state index in [0.717, 1.165) is 18.2 Å². The maximum Gasteiger partial charge on any atom is 0.422 e. The lowest BCUT2D eigenvalue weighted by atomic mass is 10.1. The molecule has 0 saturated heterocycles. The van der Waals surface area contributed by atoms with Gasteiger partial charge < -0.3 is 9.47 Å². The fraction of sp³-hybridized carbons (Fsp3) is 0.200. The Hall–Kier alpha value is -3.05. The van der Waals surface area contributed by atoms with Gasteiger partial charge in [-0.2, -0.15) is 22.0 Å². The Bertz CT molecular complexity index is 870. The van der Waals surface area contributed by atoms with Crippen molar-refractivity contribution in [2.24, 2.45) is 0 Å². The van der Waals surface area contributed by atoms with Gasteiger partial charge in [-0.25, -0.2) is 8.78 Å². The molecule has 0 bridgehead atoms. The highest BCUT2D eigenvalue weighted by Gasteiger charge is 2.43. The third-order valence-electron chi connectivity index (χ3n) is 3.15. The Labute approximate surface area is 146 Å². The average Bonchev–Trinajstić information content (AvgIpc) is 2.56. The Balaban J connectivity index is 2.56. The van der Waals surface area contributed by atoms with Crippen LogP contribution in [0.25, 0.3) is 0 Å². The SMILES string of the molecule is CCOc1cc(Oc2c(F)c(F)c(C(F)(F)F)c(F)c2F)ccc1[N+](=O)[O-]. The smallest absolute Gasteiger partial charge is 0.422 e. The summed E-state index contributed by atoms with van der Waals surface area (Å²) in [4.78, 5) is 10.0. The molecule has 0 N–H and O–H groups in total. The molecule has 0 saturated carbocycles. The van der Waals surface area contributed by atoms with Crippen LogP contribution in [0.2, 0.25) is 0 Å². The van der Waals surface area contributed by atoms with Crippen molar-refractivity contribution in [1.82, 2.24) is 0 Å². The van der Waals surface area contributed by atoms with Crippen LogP contribution in [-0.2, 0) is 6.18 Å². The van der Waals surface area contributed by atoms with Gasteiger partial charge in [0.1, 0.15) is 11.3 Å². The molecule has 0 atom stereocenters.